The Kier molecular flexibility index (Phi) is 4.39. The number of likely N-dealkylation sites (N-methyl/N-ethyl adjacent to an activating group) is 1. The van der Waals surface area contributed by atoms with Crippen LogP contribution in [0.4, 0.5) is 4.39 Å². The zero-order valence-corrected chi connectivity index (χ0v) is 13.3. The Morgan fingerprint density at radius 2 is 2.22 bits per heavy atom. The predicted molar refractivity (Wildman–Crippen MR) is 83.0 cm³/mol. The lowest BCUT2D eigenvalue weighted by Crippen LogP contribution is -2.22. The highest BCUT2D eigenvalue weighted by Gasteiger charge is 2.09. The van der Waals surface area contributed by atoms with Crippen LogP contribution in [0.15, 0.2) is 12.1 Å². The average molecular weight is 379 g/mol. The lowest BCUT2D eigenvalue weighted by Gasteiger charge is -2.14. The maximum Gasteiger partial charge on any atom is 0.178 e. The molecule has 0 saturated carbocycles. The molecule has 2 aromatic rings. The molecule has 3 nitrogen and oxygen atoms in total. The lowest BCUT2D eigenvalue weighted by atomic mass is 10.3. The van der Waals surface area contributed by atoms with Crippen LogP contribution in [-0.2, 0) is 6.54 Å². The molecule has 0 radical (unpaired) electrons. The zero-order valence-electron chi connectivity index (χ0n) is 10.3. The zero-order chi connectivity index (χ0) is 13.3. The molecule has 6 heteroatoms. The summed E-state index contributed by atoms with van der Waals surface area (Å²) in [6.45, 7) is 4.76. The molecule has 1 heterocycles. The van der Waals surface area contributed by atoms with Crippen LogP contribution in [0.1, 0.15) is 6.92 Å². The van der Waals surface area contributed by atoms with Gasteiger partial charge < -0.3 is 14.5 Å². The normalized spacial score (nSPS) is 11.6. The van der Waals surface area contributed by atoms with E-state index in [4.69, 9.17) is 12.2 Å². The van der Waals surface area contributed by atoms with E-state index in [-0.39, 0.29) is 5.82 Å². The van der Waals surface area contributed by atoms with Crippen LogP contribution in [0.3, 0.4) is 0 Å². The SMILES string of the molecule is CCN(C)CCn1c(=S)[nH]c2cc(I)c(F)cc21. The molecule has 0 aliphatic heterocycles. The molecule has 98 valence electrons. The number of aromatic amines is 1. The van der Waals surface area contributed by atoms with Crippen molar-refractivity contribution in [1.29, 1.82) is 0 Å². The van der Waals surface area contributed by atoms with Crippen LogP contribution in [0.25, 0.3) is 11.0 Å². The minimum atomic E-state index is -0.199. The molecule has 0 unspecified atom stereocenters. The van der Waals surface area contributed by atoms with Gasteiger partial charge in [0.15, 0.2) is 4.77 Å². The first-order valence-electron chi connectivity index (χ1n) is 5.79. The molecule has 0 aliphatic rings. The average Bonchev–Trinajstić information content (AvgIpc) is 2.62. The Labute approximate surface area is 124 Å². The van der Waals surface area contributed by atoms with Gasteiger partial charge in [0.2, 0.25) is 0 Å². The summed E-state index contributed by atoms with van der Waals surface area (Å²) >= 11 is 7.28. The number of benzene rings is 1. The molecule has 0 atom stereocenters. The summed E-state index contributed by atoms with van der Waals surface area (Å²) in [5.74, 6) is -0.199. The highest BCUT2D eigenvalue weighted by atomic mass is 127. The quantitative estimate of drug-likeness (QED) is 0.651. The first-order valence-corrected chi connectivity index (χ1v) is 7.27. The number of imidazole rings is 1. The van der Waals surface area contributed by atoms with Crippen LogP contribution >= 0.6 is 34.8 Å². The Hall–Kier alpha value is -0.470. The number of aromatic nitrogens is 2. The summed E-state index contributed by atoms with van der Waals surface area (Å²) in [4.78, 5) is 5.32. The van der Waals surface area contributed by atoms with E-state index in [1.807, 2.05) is 27.2 Å². The maximum atomic E-state index is 13.6. The highest BCUT2D eigenvalue weighted by Crippen LogP contribution is 2.20. The van der Waals surface area contributed by atoms with Gasteiger partial charge in [-0.3, -0.25) is 0 Å². The Morgan fingerprint density at radius 1 is 1.50 bits per heavy atom. The maximum absolute atomic E-state index is 13.6. The number of fused-ring (bicyclic) bond motifs is 1. The van der Waals surface area contributed by atoms with Crippen LogP contribution in [0.2, 0.25) is 0 Å². The van der Waals surface area contributed by atoms with Gasteiger partial charge in [0.1, 0.15) is 5.82 Å². The van der Waals surface area contributed by atoms with Crippen molar-refractivity contribution in [3.05, 3.63) is 26.3 Å². The molecule has 0 aliphatic carbocycles. The Morgan fingerprint density at radius 3 is 2.89 bits per heavy atom. The van der Waals surface area contributed by atoms with Gasteiger partial charge in [-0.1, -0.05) is 6.92 Å². The number of nitrogens with one attached hydrogen (secondary N) is 1. The van der Waals surface area contributed by atoms with E-state index in [9.17, 15) is 4.39 Å². The summed E-state index contributed by atoms with van der Waals surface area (Å²) in [6, 6.07) is 3.34. The van der Waals surface area contributed by atoms with Gasteiger partial charge in [-0.2, -0.15) is 0 Å². The molecular formula is C12H15FIN3S. The molecular weight excluding hydrogens is 364 g/mol. The van der Waals surface area contributed by atoms with Crippen LogP contribution in [0.5, 0.6) is 0 Å². The second-order valence-corrected chi connectivity index (χ2v) is 5.81. The third-order valence-corrected chi connectivity index (χ3v) is 4.21. The summed E-state index contributed by atoms with van der Waals surface area (Å²) in [6.07, 6.45) is 0. The van der Waals surface area contributed by atoms with Crippen LogP contribution < -0.4 is 0 Å². The summed E-state index contributed by atoms with van der Waals surface area (Å²) in [5, 5.41) is 0. The van der Waals surface area contributed by atoms with Crippen molar-refractivity contribution in [1.82, 2.24) is 14.5 Å². The van der Waals surface area contributed by atoms with Crippen LogP contribution in [0, 0.1) is 14.2 Å². The van der Waals surface area contributed by atoms with Gasteiger partial charge in [0.25, 0.3) is 0 Å². The van der Waals surface area contributed by atoms with Gasteiger partial charge in [0.05, 0.1) is 14.6 Å². The number of hydrogen-bond donors (Lipinski definition) is 1. The van der Waals surface area contributed by atoms with E-state index in [0.717, 1.165) is 30.7 Å². The lowest BCUT2D eigenvalue weighted by molar-refractivity contribution is 0.336. The van der Waals surface area contributed by atoms with Crippen molar-refractivity contribution >= 4 is 45.8 Å². The first kappa shape index (κ1) is 14.0. The molecule has 2 rings (SSSR count). The van der Waals surface area contributed by atoms with Crippen molar-refractivity contribution in [3.8, 4) is 0 Å². The van der Waals surface area contributed by atoms with Crippen molar-refractivity contribution in [2.24, 2.45) is 0 Å². The topological polar surface area (TPSA) is 24.0 Å². The molecule has 0 amide bonds. The van der Waals surface area contributed by atoms with Gasteiger partial charge >= 0.3 is 0 Å². The second kappa shape index (κ2) is 5.66. The standard InChI is InChI=1S/C12H15FIN3S/c1-3-16(2)4-5-17-11-6-8(13)9(14)7-10(11)15-12(17)18/h6-7H,3-5H2,1-2H3,(H,15,18). The minimum absolute atomic E-state index is 0.199. The van der Waals surface area contributed by atoms with E-state index >= 15 is 0 Å². The fourth-order valence-corrected chi connectivity index (χ4v) is 2.57. The third-order valence-electron chi connectivity index (χ3n) is 3.06. The molecule has 0 saturated heterocycles. The number of nitrogens with zero attached hydrogens (tertiary/aromatic N) is 2. The van der Waals surface area contributed by atoms with Crippen LogP contribution in [-0.4, -0.2) is 34.6 Å². The summed E-state index contributed by atoms with van der Waals surface area (Å²) < 4.78 is 16.8. The summed E-state index contributed by atoms with van der Waals surface area (Å²) in [5.41, 5.74) is 1.73. The molecule has 18 heavy (non-hydrogen) atoms. The van der Waals surface area contributed by atoms with Gasteiger partial charge in [-0.15, -0.1) is 0 Å². The monoisotopic (exact) mass is 379 g/mol. The van der Waals surface area contributed by atoms with E-state index in [1.165, 1.54) is 0 Å². The molecule has 1 N–H and O–H groups in total. The number of rotatable bonds is 4. The molecule has 0 fully saturated rings. The number of H-pyrrole nitrogens is 1. The fourth-order valence-electron chi connectivity index (χ4n) is 1.80. The van der Waals surface area contributed by atoms with E-state index in [1.54, 1.807) is 12.1 Å². The largest absolute Gasteiger partial charge is 0.331 e. The highest BCUT2D eigenvalue weighted by molar-refractivity contribution is 14.1. The van der Waals surface area contributed by atoms with Crippen molar-refractivity contribution in [3.63, 3.8) is 0 Å². The molecule has 0 spiro atoms. The first-order chi connectivity index (χ1) is 8.52. The van der Waals surface area contributed by atoms with Crippen molar-refractivity contribution in [2.75, 3.05) is 20.1 Å². The third kappa shape index (κ3) is 2.75. The number of hydrogen-bond acceptors (Lipinski definition) is 2. The Bertz CT molecular complexity index is 620. The van der Waals surface area contributed by atoms with E-state index in [2.05, 4.69) is 23.9 Å². The van der Waals surface area contributed by atoms with Gasteiger partial charge in [-0.05, 0) is 54.5 Å². The van der Waals surface area contributed by atoms with E-state index in [0.29, 0.717) is 8.34 Å². The Balaban J connectivity index is 2.41. The summed E-state index contributed by atoms with van der Waals surface area (Å²) in [7, 11) is 2.06. The fraction of sp³-hybridized carbons (Fsp3) is 0.417. The minimum Gasteiger partial charge on any atom is -0.331 e. The molecule has 1 aromatic heterocycles. The van der Waals surface area contributed by atoms with Crippen molar-refractivity contribution < 1.29 is 4.39 Å². The molecule has 0 bridgehead atoms. The number of halogens is 2. The molecule has 1 aromatic carbocycles. The second-order valence-electron chi connectivity index (χ2n) is 4.26. The smallest absolute Gasteiger partial charge is 0.178 e. The van der Waals surface area contributed by atoms with Crippen molar-refractivity contribution in [2.45, 2.75) is 13.5 Å². The predicted octanol–water partition coefficient (Wildman–Crippen LogP) is 3.39. The van der Waals surface area contributed by atoms with Gasteiger partial charge in [0, 0.05) is 19.2 Å². The van der Waals surface area contributed by atoms with E-state index < -0.39 is 0 Å². The van der Waals surface area contributed by atoms with Gasteiger partial charge in [-0.25, -0.2) is 4.39 Å².